The number of nitrogens with zero attached hydrogens (tertiary/aromatic N) is 2. The summed E-state index contributed by atoms with van der Waals surface area (Å²) in [4.78, 5) is 6.95. The van der Waals surface area contributed by atoms with Gasteiger partial charge in [0.2, 0.25) is 0 Å². The third kappa shape index (κ3) is 1.84. The summed E-state index contributed by atoms with van der Waals surface area (Å²) in [7, 11) is 0. The second-order valence-electron chi connectivity index (χ2n) is 4.86. The van der Waals surface area contributed by atoms with Gasteiger partial charge in [0.05, 0.1) is 0 Å². The van der Waals surface area contributed by atoms with Crippen molar-refractivity contribution in [2.75, 3.05) is 11.4 Å². The van der Waals surface area contributed by atoms with Crippen LogP contribution in [0.4, 0.5) is 5.13 Å². The first-order valence-electron chi connectivity index (χ1n) is 6.29. The first-order valence-corrected chi connectivity index (χ1v) is 7.17. The van der Waals surface area contributed by atoms with Gasteiger partial charge in [0, 0.05) is 36.2 Å². The number of hydrogen-bond acceptors (Lipinski definition) is 4. The SMILES string of the molecule is CCN(c1nccs1)C1CC2CCC(C1)N2. The third-order valence-corrected chi connectivity index (χ3v) is 4.70. The lowest BCUT2D eigenvalue weighted by atomic mass is 9.98. The van der Waals surface area contributed by atoms with Crippen LogP contribution in [0.3, 0.4) is 0 Å². The largest absolute Gasteiger partial charge is 0.345 e. The van der Waals surface area contributed by atoms with Crippen LogP contribution >= 0.6 is 11.3 Å². The molecular formula is C12H19N3S. The van der Waals surface area contributed by atoms with Crippen molar-refractivity contribution in [1.82, 2.24) is 10.3 Å². The minimum absolute atomic E-state index is 0.704. The van der Waals surface area contributed by atoms with E-state index in [-0.39, 0.29) is 0 Å². The molecule has 2 aliphatic heterocycles. The zero-order chi connectivity index (χ0) is 11.0. The zero-order valence-electron chi connectivity index (χ0n) is 9.72. The molecule has 1 N–H and O–H groups in total. The first-order chi connectivity index (χ1) is 7.86. The van der Waals surface area contributed by atoms with Gasteiger partial charge >= 0.3 is 0 Å². The zero-order valence-corrected chi connectivity index (χ0v) is 10.5. The molecule has 4 heteroatoms. The fraction of sp³-hybridized carbons (Fsp3) is 0.750. The molecule has 88 valence electrons. The van der Waals surface area contributed by atoms with Gasteiger partial charge in [-0.15, -0.1) is 11.3 Å². The quantitative estimate of drug-likeness (QED) is 0.874. The average molecular weight is 237 g/mol. The fourth-order valence-corrected chi connectivity index (χ4v) is 3.97. The van der Waals surface area contributed by atoms with Crippen LogP contribution in [-0.4, -0.2) is 29.7 Å². The molecule has 0 amide bonds. The number of rotatable bonds is 3. The molecular weight excluding hydrogens is 218 g/mol. The van der Waals surface area contributed by atoms with E-state index in [1.54, 1.807) is 11.3 Å². The Bertz CT molecular complexity index is 326. The predicted molar refractivity (Wildman–Crippen MR) is 68.1 cm³/mol. The highest BCUT2D eigenvalue weighted by atomic mass is 32.1. The van der Waals surface area contributed by atoms with Crippen LogP contribution in [0.15, 0.2) is 11.6 Å². The lowest BCUT2D eigenvalue weighted by Crippen LogP contribution is -2.48. The normalized spacial score (nSPS) is 32.9. The van der Waals surface area contributed by atoms with E-state index in [1.165, 1.54) is 30.8 Å². The average Bonchev–Trinajstić information content (AvgIpc) is 2.90. The summed E-state index contributed by atoms with van der Waals surface area (Å²) >= 11 is 1.77. The summed E-state index contributed by atoms with van der Waals surface area (Å²) < 4.78 is 0. The Balaban J connectivity index is 1.75. The highest BCUT2D eigenvalue weighted by Gasteiger charge is 2.36. The van der Waals surface area contributed by atoms with Gasteiger partial charge in [-0.1, -0.05) is 0 Å². The number of hydrogen-bond donors (Lipinski definition) is 1. The molecule has 0 spiro atoms. The molecule has 3 nitrogen and oxygen atoms in total. The van der Waals surface area contributed by atoms with Crippen molar-refractivity contribution in [3.63, 3.8) is 0 Å². The molecule has 3 heterocycles. The Hall–Kier alpha value is -0.610. The van der Waals surface area contributed by atoms with E-state index in [1.807, 2.05) is 6.20 Å². The van der Waals surface area contributed by atoms with Crippen LogP contribution in [0.25, 0.3) is 0 Å². The number of fused-ring (bicyclic) bond motifs is 2. The van der Waals surface area contributed by atoms with E-state index >= 15 is 0 Å². The Labute approximate surface area is 101 Å². The monoisotopic (exact) mass is 237 g/mol. The lowest BCUT2D eigenvalue weighted by molar-refractivity contribution is 0.349. The molecule has 0 saturated carbocycles. The topological polar surface area (TPSA) is 28.2 Å². The van der Waals surface area contributed by atoms with Crippen molar-refractivity contribution in [2.24, 2.45) is 0 Å². The van der Waals surface area contributed by atoms with Gasteiger partial charge in [-0.05, 0) is 32.6 Å². The van der Waals surface area contributed by atoms with Crippen LogP contribution in [0.5, 0.6) is 0 Å². The summed E-state index contributed by atoms with van der Waals surface area (Å²) in [5, 5.41) is 6.98. The molecule has 0 aliphatic carbocycles. The number of thiazole rings is 1. The number of piperidine rings is 1. The van der Waals surface area contributed by atoms with Crippen LogP contribution in [-0.2, 0) is 0 Å². The Morgan fingerprint density at radius 1 is 1.44 bits per heavy atom. The van der Waals surface area contributed by atoms with Crippen LogP contribution in [0.2, 0.25) is 0 Å². The molecule has 2 fully saturated rings. The molecule has 2 saturated heterocycles. The molecule has 1 aromatic heterocycles. The van der Waals surface area contributed by atoms with Gasteiger partial charge in [0.15, 0.2) is 5.13 Å². The van der Waals surface area contributed by atoms with E-state index in [9.17, 15) is 0 Å². The minimum atomic E-state index is 0.704. The molecule has 1 aromatic rings. The molecule has 0 radical (unpaired) electrons. The van der Waals surface area contributed by atoms with Gasteiger partial charge in [0.1, 0.15) is 0 Å². The van der Waals surface area contributed by atoms with Crippen LogP contribution < -0.4 is 10.2 Å². The molecule has 2 atom stereocenters. The van der Waals surface area contributed by atoms with Gasteiger partial charge in [-0.25, -0.2) is 4.98 Å². The first kappa shape index (κ1) is 10.5. The molecule has 16 heavy (non-hydrogen) atoms. The van der Waals surface area contributed by atoms with Gasteiger partial charge < -0.3 is 10.2 Å². The minimum Gasteiger partial charge on any atom is -0.345 e. The van der Waals surface area contributed by atoms with Gasteiger partial charge in [-0.2, -0.15) is 0 Å². The summed E-state index contributed by atoms with van der Waals surface area (Å²) in [5.41, 5.74) is 0. The summed E-state index contributed by atoms with van der Waals surface area (Å²) in [6.45, 7) is 3.32. The maximum Gasteiger partial charge on any atom is 0.185 e. The molecule has 2 bridgehead atoms. The lowest BCUT2D eigenvalue weighted by Gasteiger charge is -2.37. The maximum atomic E-state index is 4.46. The highest BCUT2D eigenvalue weighted by molar-refractivity contribution is 7.13. The fourth-order valence-electron chi connectivity index (χ4n) is 3.19. The van der Waals surface area contributed by atoms with Crippen molar-refractivity contribution in [2.45, 2.75) is 50.7 Å². The summed E-state index contributed by atoms with van der Waals surface area (Å²) in [6.07, 6.45) is 7.25. The van der Waals surface area contributed by atoms with Crippen molar-refractivity contribution in [3.8, 4) is 0 Å². The standard InChI is InChI=1S/C12H19N3S/c1-2-15(12-13-5-6-16-12)11-7-9-3-4-10(8-11)14-9/h5-6,9-11,14H,2-4,7-8H2,1H3. The molecule has 2 unspecified atom stereocenters. The molecule has 3 rings (SSSR count). The smallest absolute Gasteiger partial charge is 0.185 e. The predicted octanol–water partition coefficient (Wildman–Crippen LogP) is 2.25. The number of anilines is 1. The summed E-state index contributed by atoms with van der Waals surface area (Å²) in [5.74, 6) is 0. The Morgan fingerprint density at radius 3 is 2.75 bits per heavy atom. The van der Waals surface area contributed by atoms with Crippen molar-refractivity contribution in [3.05, 3.63) is 11.6 Å². The van der Waals surface area contributed by atoms with E-state index in [2.05, 4.69) is 27.5 Å². The molecule has 2 aliphatic rings. The van der Waals surface area contributed by atoms with E-state index in [4.69, 9.17) is 0 Å². The maximum absolute atomic E-state index is 4.46. The van der Waals surface area contributed by atoms with Crippen molar-refractivity contribution >= 4 is 16.5 Å². The van der Waals surface area contributed by atoms with Gasteiger partial charge in [-0.3, -0.25) is 0 Å². The second kappa shape index (κ2) is 4.34. The number of aromatic nitrogens is 1. The molecule has 0 aromatic carbocycles. The highest BCUT2D eigenvalue weighted by Crippen LogP contribution is 2.32. The summed E-state index contributed by atoms with van der Waals surface area (Å²) in [6, 6.07) is 2.23. The Morgan fingerprint density at radius 2 is 2.19 bits per heavy atom. The van der Waals surface area contributed by atoms with E-state index in [0.717, 1.165) is 18.6 Å². The second-order valence-corrected chi connectivity index (χ2v) is 5.74. The van der Waals surface area contributed by atoms with Crippen molar-refractivity contribution in [1.29, 1.82) is 0 Å². The number of nitrogens with one attached hydrogen (secondary N) is 1. The van der Waals surface area contributed by atoms with Crippen LogP contribution in [0, 0.1) is 0 Å². The van der Waals surface area contributed by atoms with E-state index < -0.39 is 0 Å². The Kier molecular flexibility index (Phi) is 2.86. The van der Waals surface area contributed by atoms with Crippen molar-refractivity contribution < 1.29 is 0 Å². The van der Waals surface area contributed by atoms with Crippen LogP contribution in [0.1, 0.15) is 32.6 Å². The van der Waals surface area contributed by atoms with E-state index in [0.29, 0.717) is 6.04 Å². The van der Waals surface area contributed by atoms with Gasteiger partial charge in [0.25, 0.3) is 0 Å². The third-order valence-electron chi connectivity index (χ3n) is 3.89.